The van der Waals surface area contributed by atoms with Crippen LogP contribution in [0.3, 0.4) is 0 Å². The number of carbonyl (C=O) groups is 2. The Bertz CT molecular complexity index is 1140. The normalized spacial score (nSPS) is 19.3. The van der Waals surface area contributed by atoms with Gasteiger partial charge in [0.15, 0.2) is 5.69 Å². The number of nitrogens with zero attached hydrogens (tertiary/aromatic N) is 3. The predicted octanol–water partition coefficient (Wildman–Crippen LogP) is 5.11. The summed E-state index contributed by atoms with van der Waals surface area (Å²) in [6.07, 6.45) is 13.6. The van der Waals surface area contributed by atoms with E-state index in [1.54, 1.807) is 14.2 Å². The Morgan fingerprint density at radius 3 is 2.24 bits per heavy atom. The van der Waals surface area contributed by atoms with Crippen LogP contribution >= 0.6 is 0 Å². The molecule has 2 N–H and O–H groups in total. The molecule has 1 atom stereocenters. The Kier molecular flexibility index (Phi) is 10.2. The van der Waals surface area contributed by atoms with Gasteiger partial charge in [0, 0.05) is 25.0 Å². The number of likely N-dealkylation sites (tertiary alicyclic amines) is 1. The van der Waals surface area contributed by atoms with Crippen molar-refractivity contribution in [3.05, 3.63) is 30.0 Å². The molecule has 2 saturated carbocycles. The second-order valence-electron chi connectivity index (χ2n) is 11.9. The van der Waals surface area contributed by atoms with Crippen LogP contribution in [0.2, 0.25) is 0 Å². The summed E-state index contributed by atoms with van der Waals surface area (Å²) in [6.45, 7) is 3.05. The topological polar surface area (TPSA) is 97.7 Å². The zero-order valence-corrected chi connectivity index (χ0v) is 24.8. The Balaban J connectivity index is 1.37. The van der Waals surface area contributed by atoms with Crippen LogP contribution < -0.4 is 20.1 Å². The van der Waals surface area contributed by atoms with Crippen LogP contribution in [0, 0.1) is 0 Å². The molecule has 5 rings (SSSR count). The van der Waals surface area contributed by atoms with E-state index in [0.717, 1.165) is 75.8 Å². The fourth-order valence-corrected chi connectivity index (χ4v) is 6.47. The van der Waals surface area contributed by atoms with E-state index in [4.69, 9.17) is 14.6 Å². The summed E-state index contributed by atoms with van der Waals surface area (Å²) in [4.78, 5) is 29.2. The maximum Gasteiger partial charge on any atom is 0.272 e. The van der Waals surface area contributed by atoms with Gasteiger partial charge in [-0.25, -0.2) is 0 Å². The van der Waals surface area contributed by atoms with Crippen molar-refractivity contribution in [3.8, 4) is 22.8 Å². The number of ether oxygens (including phenoxy) is 2. The summed E-state index contributed by atoms with van der Waals surface area (Å²) in [6, 6.07) is 7.81. The Morgan fingerprint density at radius 2 is 1.63 bits per heavy atom. The van der Waals surface area contributed by atoms with Gasteiger partial charge >= 0.3 is 0 Å². The number of carbonyl (C=O) groups excluding carboxylic acids is 2. The summed E-state index contributed by atoms with van der Waals surface area (Å²) in [7, 11) is 3.29. The first kappa shape index (κ1) is 29.4. The summed E-state index contributed by atoms with van der Waals surface area (Å²) in [5.74, 6) is 1.14. The summed E-state index contributed by atoms with van der Waals surface area (Å²) in [5, 5.41) is 11.2. The Labute approximate surface area is 244 Å². The molecule has 0 radical (unpaired) electrons. The maximum atomic E-state index is 13.8. The number of rotatable bonds is 12. The number of amides is 2. The smallest absolute Gasteiger partial charge is 0.272 e. The lowest BCUT2D eigenvalue weighted by Crippen LogP contribution is -2.45. The fraction of sp³-hybridized carbons (Fsp3) is 0.656. The highest BCUT2D eigenvalue weighted by Gasteiger charge is 2.29. The first-order chi connectivity index (χ1) is 20.1. The van der Waals surface area contributed by atoms with Gasteiger partial charge in [0.25, 0.3) is 5.91 Å². The van der Waals surface area contributed by atoms with Crippen LogP contribution in [0.1, 0.15) is 100 Å². The Hall–Kier alpha value is -3.07. The highest BCUT2D eigenvalue weighted by atomic mass is 16.5. The number of aromatic nitrogens is 2. The van der Waals surface area contributed by atoms with Crippen LogP contribution in [0.4, 0.5) is 0 Å². The van der Waals surface area contributed by atoms with Crippen molar-refractivity contribution >= 4 is 11.8 Å². The van der Waals surface area contributed by atoms with Crippen molar-refractivity contribution in [2.75, 3.05) is 33.9 Å². The molecule has 9 heteroatoms. The molecule has 1 aromatic carbocycles. The van der Waals surface area contributed by atoms with Gasteiger partial charge in [0.05, 0.1) is 31.5 Å². The average Bonchev–Trinajstić information content (AvgIpc) is 3.58. The molecule has 41 heavy (non-hydrogen) atoms. The van der Waals surface area contributed by atoms with Crippen LogP contribution in [0.5, 0.6) is 11.5 Å². The molecule has 9 nitrogen and oxygen atoms in total. The predicted molar refractivity (Wildman–Crippen MR) is 159 cm³/mol. The van der Waals surface area contributed by atoms with Crippen molar-refractivity contribution in [2.24, 2.45) is 0 Å². The van der Waals surface area contributed by atoms with Gasteiger partial charge in [-0.3, -0.25) is 14.3 Å². The van der Waals surface area contributed by atoms with Crippen molar-refractivity contribution in [1.29, 1.82) is 0 Å². The lowest BCUT2D eigenvalue weighted by Gasteiger charge is -2.28. The molecule has 0 unspecified atom stereocenters. The molecule has 1 aromatic heterocycles. The number of methoxy groups -OCH3 is 2. The van der Waals surface area contributed by atoms with Crippen molar-refractivity contribution in [2.45, 2.75) is 102 Å². The summed E-state index contributed by atoms with van der Waals surface area (Å²) < 4.78 is 13.4. The second-order valence-corrected chi connectivity index (χ2v) is 11.9. The minimum Gasteiger partial charge on any atom is -0.496 e. The molecule has 1 saturated heterocycles. The third-order valence-corrected chi connectivity index (χ3v) is 9.05. The lowest BCUT2D eigenvalue weighted by molar-refractivity contribution is -0.122. The number of hydrogen-bond acceptors (Lipinski definition) is 6. The molecule has 2 aliphatic carbocycles. The number of nitrogens with one attached hydrogen (secondary N) is 2. The van der Waals surface area contributed by atoms with E-state index in [1.807, 2.05) is 28.9 Å². The monoisotopic (exact) mass is 565 g/mol. The first-order valence-electron chi connectivity index (χ1n) is 15.7. The van der Waals surface area contributed by atoms with Gasteiger partial charge in [-0.1, -0.05) is 31.7 Å². The number of hydrogen-bond donors (Lipinski definition) is 2. The largest absolute Gasteiger partial charge is 0.496 e. The highest BCUT2D eigenvalue weighted by Crippen LogP contribution is 2.41. The number of benzene rings is 1. The highest BCUT2D eigenvalue weighted by molar-refractivity contribution is 5.94. The van der Waals surface area contributed by atoms with E-state index in [9.17, 15) is 9.59 Å². The second kappa shape index (κ2) is 14.2. The molecule has 2 heterocycles. The zero-order chi connectivity index (χ0) is 28.6. The van der Waals surface area contributed by atoms with Gasteiger partial charge in [-0.05, 0) is 82.7 Å². The summed E-state index contributed by atoms with van der Waals surface area (Å²) >= 11 is 0. The first-order valence-corrected chi connectivity index (χ1v) is 15.7. The molecule has 0 bridgehead atoms. The van der Waals surface area contributed by atoms with E-state index in [0.29, 0.717) is 17.2 Å². The molecule has 224 valence electrons. The quantitative estimate of drug-likeness (QED) is 0.371. The molecule has 3 aliphatic rings. The van der Waals surface area contributed by atoms with Gasteiger partial charge in [-0.15, -0.1) is 0 Å². The van der Waals surface area contributed by atoms with Crippen LogP contribution in [0.25, 0.3) is 11.3 Å². The van der Waals surface area contributed by atoms with Gasteiger partial charge < -0.3 is 25.0 Å². The van der Waals surface area contributed by atoms with Gasteiger partial charge in [0.2, 0.25) is 5.91 Å². The molecule has 1 aliphatic heterocycles. The lowest BCUT2D eigenvalue weighted by atomic mass is 9.93. The van der Waals surface area contributed by atoms with Gasteiger partial charge in [-0.2, -0.15) is 5.10 Å². The molecule has 0 spiro atoms. The minimum atomic E-state index is -0.258. The molecular formula is C32H47N5O4. The minimum absolute atomic E-state index is 0.0202. The van der Waals surface area contributed by atoms with E-state index in [2.05, 4.69) is 15.5 Å². The average molecular weight is 566 g/mol. The molecular weight excluding hydrogens is 518 g/mol. The van der Waals surface area contributed by atoms with Crippen LogP contribution in [-0.2, 0) is 4.79 Å². The standard InChI is InChI=1S/C32H47N5O4/c1-40-28-15-10-16-29(41-2)31(28)27-22-26(35-37(27)25-13-5-6-14-25)32(39)34-24(21-30(38)33-23-11-9-12-23)17-20-36-18-7-3-4-8-19-36/h10,15-16,22-25H,3-9,11-14,17-21H2,1-2H3,(H,33,38)(H,34,39)/t24-/m0/s1. The SMILES string of the molecule is COc1cccc(OC)c1-c1cc(C(=O)N[C@@H](CCN2CCCCCC2)CC(=O)NC2CCC2)nn1C1CCCC1. The van der Waals surface area contributed by atoms with Crippen LogP contribution in [-0.4, -0.2) is 72.4 Å². The zero-order valence-electron chi connectivity index (χ0n) is 24.8. The van der Waals surface area contributed by atoms with E-state index >= 15 is 0 Å². The van der Waals surface area contributed by atoms with Crippen molar-refractivity contribution < 1.29 is 19.1 Å². The van der Waals surface area contributed by atoms with E-state index in [-0.39, 0.29) is 36.4 Å². The van der Waals surface area contributed by atoms with E-state index in [1.165, 1.54) is 32.1 Å². The van der Waals surface area contributed by atoms with Crippen molar-refractivity contribution in [3.63, 3.8) is 0 Å². The molecule has 2 aromatic rings. The van der Waals surface area contributed by atoms with Crippen LogP contribution in [0.15, 0.2) is 24.3 Å². The summed E-state index contributed by atoms with van der Waals surface area (Å²) in [5.41, 5.74) is 1.98. The third-order valence-electron chi connectivity index (χ3n) is 9.05. The maximum absolute atomic E-state index is 13.8. The molecule has 2 amide bonds. The fourth-order valence-electron chi connectivity index (χ4n) is 6.47. The van der Waals surface area contributed by atoms with Crippen molar-refractivity contribution in [1.82, 2.24) is 25.3 Å². The Morgan fingerprint density at radius 1 is 0.951 bits per heavy atom. The van der Waals surface area contributed by atoms with E-state index < -0.39 is 0 Å². The third kappa shape index (κ3) is 7.42. The van der Waals surface area contributed by atoms with Gasteiger partial charge in [0.1, 0.15) is 11.5 Å². The molecule has 3 fully saturated rings.